The first-order valence-electron chi connectivity index (χ1n) is 23.1. The van der Waals surface area contributed by atoms with E-state index in [9.17, 15) is 36.0 Å². The van der Waals surface area contributed by atoms with Crippen molar-refractivity contribution in [3.63, 3.8) is 0 Å². The Bertz CT molecular complexity index is 4110. The second kappa shape index (κ2) is 22.1. The Morgan fingerprint density at radius 1 is 0.539 bits per heavy atom. The smallest absolute Gasteiger partial charge is 0.357 e. The summed E-state index contributed by atoms with van der Waals surface area (Å²) in [6.07, 6.45) is 0.431. The van der Waals surface area contributed by atoms with Crippen molar-refractivity contribution in [2.24, 2.45) is 16.0 Å². The first-order chi connectivity index (χ1) is 36.4. The molecule has 0 radical (unpaired) electrons. The van der Waals surface area contributed by atoms with Crippen LogP contribution in [-0.4, -0.2) is 64.8 Å². The second-order valence-corrected chi connectivity index (χ2v) is 21.7. The van der Waals surface area contributed by atoms with Gasteiger partial charge in [0.15, 0.2) is 5.69 Å². The van der Waals surface area contributed by atoms with E-state index >= 15 is 0 Å². The van der Waals surface area contributed by atoms with Gasteiger partial charge in [-0.2, -0.15) is 9.36 Å². The van der Waals surface area contributed by atoms with Gasteiger partial charge in [-0.15, -0.1) is 22.7 Å². The minimum atomic E-state index is -3.84. The number of nitrogens with two attached hydrogens (primary N) is 3. The summed E-state index contributed by atoms with van der Waals surface area (Å²) >= 11 is 2.25. The van der Waals surface area contributed by atoms with E-state index in [0.29, 0.717) is 33.2 Å². The number of carbonyl (C=O) groups excluding carboxylic acids is 2. The topological polar surface area (TPSA) is 291 Å². The van der Waals surface area contributed by atoms with Crippen molar-refractivity contribution in [2.45, 2.75) is 29.6 Å². The Hall–Kier alpha value is -8.64. The number of aromatic amines is 2. The van der Waals surface area contributed by atoms with Gasteiger partial charge in [0.1, 0.15) is 5.69 Å². The highest BCUT2D eigenvalue weighted by Crippen LogP contribution is 2.31. The molecule has 4 heterocycles. The van der Waals surface area contributed by atoms with E-state index in [1.807, 2.05) is 109 Å². The molecule has 10 rings (SSSR count). The van der Waals surface area contributed by atoms with E-state index in [4.69, 9.17) is 20.7 Å². The van der Waals surface area contributed by atoms with Crippen LogP contribution in [0.4, 0.5) is 0 Å². The molecule has 0 bridgehead atoms. The fraction of sp³-hybridized carbons (Fsp3) is 0.0741. The molecule has 6 aromatic carbocycles. The average molecular weight is 1090 g/mol. The van der Waals surface area contributed by atoms with Gasteiger partial charge in [-0.25, -0.2) is 41.9 Å². The Balaban J connectivity index is 0.000000186. The van der Waals surface area contributed by atoms with E-state index in [-0.39, 0.29) is 56.9 Å². The van der Waals surface area contributed by atoms with Gasteiger partial charge in [0, 0.05) is 45.9 Å². The maximum Gasteiger partial charge on any atom is 0.357 e. The molecule has 76 heavy (non-hydrogen) atoms. The van der Waals surface area contributed by atoms with Gasteiger partial charge in [-0.1, -0.05) is 121 Å². The third-order valence-corrected chi connectivity index (χ3v) is 15.4. The van der Waals surface area contributed by atoms with Crippen molar-refractivity contribution >= 4 is 54.6 Å². The minimum absolute atomic E-state index is 0.0113. The van der Waals surface area contributed by atoms with Crippen molar-refractivity contribution in [1.29, 1.82) is 0 Å². The predicted octanol–water partition coefficient (Wildman–Crippen LogP) is 7.66. The summed E-state index contributed by atoms with van der Waals surface area (Å²) in [4.78, 5) is 59.5. The van der Waals surface area contributed by atoms with Gasteiger partial charge >= 0.3 is 5.97 Å². The van der Waals surface area contributed by atoms with Gasteiger partial charge in [-0.05, 0) is 76.7 Å². The van der Waals surface area contributed by atoms with Crippen LogP contribution in [0.25, 0.3) is 55.0 Å². The van der Waals surface area contributed by atoms with Gasteiger partial charge in [0.25, 0.3) is 17.0 Å². The van der Waals surface area contributed by atoms with E-state index in [1.165, 1.54) is 39.0 Å². The molecule has 8 N–H and O–H groups in total. The molecule has 0 fully saturated rings. The van der Waals surface area contributed by atoms with E-state index in [1.54, 1.807) is 36.6 Å². The number of hydrogen-bond donors (Lipinski definition) is 5. The van der Waals surface area contributed by atoms with Gasteiger partial charge in [-0.3, -0.25) is 24.6 Å². The van der Waals surface area contributed by atoms with E-state index < -0.39 is 31.9 Å². The summed E-state index contributed by atoms with van der Waals surface area (Å²) in [6, 6.07) is 47.5. The number of amides is 1. The molecule has 10 aromatic rings. The fourth-order valence-corrected chi connectivity index (χ4v) is 10.7. The molecule has 1 amide bonds. The van der Waals surface area contributed by atoms with Crippen LogP contribution in [0.2, 0.25) is 0 Å². The SMILES string of the molecule is CCOC(=O)c1csc(-n2[nH]c(-c3cccc(-c4ccccc4)c3)c(Cc3ccc(S(N)(=O)=O)cc3)c2=O)n1.NC(=O)c1csc(-n2[nH]c(-c3cccc(-c4ccccc4)c3)c(Cc3ccc(S(N)(=O)=O)cc3)c2=O)n1. The quantitative estimate of drug-likeness (QED) is 0.0621. The molecular weight excluding hydrogens is 1050 g/mol. The Morgan fingerprint density at radius 2 is 0.921 bits per heavy atom. The Kier molecular flexibility index (Phi) is 15.2. The standard InChI is InChI=1S/C28H24N4O5S2.C26H21N5O4S2/c1-2-37-27(34)24-17-38-28(30-24)32-26(33)23(15-18-11-13-22(14-12-18)39(29,35)36)25(31-32)21-10-6-9-20(16-21)19-7-4-3-5-8-19;27-24(32)22-15-36-26(29-22)31-25(33)21(13-16-9-11-20(12-10-16)37(28,34)35)23(30-31)19-8-4-7-18(14-19)17-5-2-1-3-6-17/h3-14,16-17,31H,2,15H2,1H3,(H2,29,35,36);1-12,14-15,30H,13H2,(H2,27,32)(H2,28,34,35). The number of ether oxygens (including phenoxy) is 1. The lowest BCUT2D eigenvalue weighted by Gasteiger charge is -2.07. The molecular formula is C54H45N9O9S4. The summed E-state index contributed by atoms with van der Waals surface area (Å²) in [6.45, 7) is 1.92. The lowest BCUT2D eigenvalue weighted by Crippen LogP contribution is -2.18. The van der Waals surface area contributed by atoms with Crippen LogP contribution in [0.1, 0.15) is 50.2 Å². The van der Waals surface area contributed by atoms with Gasteiger partial charge in [0.2, 0.25) is 30.3 Å². The third kappa shape index (κ3) is 11.7. The number of H-pyrrole nitrogens is 2. The molecule has 0 spiro atoms. The number of sulfonamides is 2. The first-order valence-corrected chi connectivity index (χ1v) is 27.9. The van der Waals surface area contributed by atoms with Crippen molar-refractivity contribution < 1.29 is 31.2 Å². The van der Waals surface area contributed by atoms with Crippen molar-refractivity contribution in [3.05, 3.63) is 223 Å². The molecule has 0 aliphatic carbocycles. The number of nitrogens with zero attached hydrogens (tertiary/aromatic N) is 4. The lowest BCUT2D eigenvalue weighted by atomic mass is 9.98. The highest BCUT2D eigenvalue weighted by Gasteiger charge is 2.23. The number of aromatic nitrogens is 6. The normalized spacial score (nSPS) is 11.5. The molecule has 0 saturated heterocycles. The van der Waals surface area contributed by atoms with Crippen LogP contribution in [-0.2, 0) is 37.6 Å². The van der Waals surface area contributed by atoms with Crippen LogP contribution in [0.15, 0.2) is 188 Å². The zero-order chi connectivity index (χ0) is 53.7. The number of benzene rings is 6. The first kappa shape index (κ1) is 52.2. The molecule has 22 heteroatoms. The summed E-state index contributed by atoms with van der Waals surface area (Å²) < 4.78 is 54.3. The molecule has 0 aliphatic rings. The zero-order valence-electron chi connectivity index (χ0n) is 40.1. The number of hydrogen-bond acceptors (Lipinski definition) is 13. The van der Waals surface area contributed by atoms with Crippen molar-refractivity contribution in [3.8, 4) is 55.0 Å². The molecule has 0 unspecified atom stereocenters. The number of nitrogens with one attached hydrogen (secondary N) is 2. The molecule has 4 aromatic heterocycles. The number of thiazole rings is 2. The highest BCUT2D eigenvalue weighted by atomic mass is 32.2. The monoisotopic (exact) mass is 1090 g/mol. The molecule has 384 valence electrons. The predicted molar refractivity (Wildman–Crippen MR) is 292 cm³/mol. The fourth-order valence-electron chi connectivity index (χ4n) is 8.14. The average Bonchev–Trinajstić information content (AvgIpc) is 4.25. The van der Waals surface area contributed by atoms with Crippen LogP contribution in [0.3, 0.4) is 0 Å². The van der Waals surface area contributed by atoms with Gasteiger partial charge < -0.3 is 10.5 Å². The van der Waals surface area contributed by atoms with E-state index in [2.05, 4.69) is 20.2 Å². The van der Waals surface area contributed by atoms with Crippen LogP contribution < -0.4 is 27.1 Å². The molecule has 0 saturated carbocycles. The lowest BCUT2D eigenvalue weighted by molar-refractivity contribution is 0.0520. The molecule has 18 nitrogen and oxygen atoms in total. The minimum Gasteiger partial charge on any atom is -0.461 e. The highest BCUT2D eigenvalue weighted by molar-refractivity contribution is 7.89. The number of carbonyl (C=O) groups is 2. The second-order valence-electron chi connectivity index (χ2n) is 17.0. The summed E-state index contributed by atoms with van der Waals surface area (Å²) in [7, 11) is -7.68. The summed E-state index contributed by atoms with van der Waals surface area (Å²) in [5, 5.41) is 20.4. The number of esters is 1. The van der Waals surface area contributed by atoms with Crippen LogP contribution >= 0.6 is 22.7 Å². The summed E-state index contributed by atoms with van der Waals surface area (Å²) in [5.41, 5.74) is 13.9. The number of rotatable bonds is 15. The maximum absolute atomic E-state index is 13.7. The number of primary sulfonamides is 2. The van der Waals surface area contributed by atoms with Crippen molar-refractivity contribution in [2.75, 3.05) is 6.61 Å². The Labute approximate surface area is 442 Å². The number of primary amides is 1. The third-order valence-electron chi connectivity index (χ3n) is 11.9. The summed E-state index contributed by atoms with van der Waals surface area (Å²) in [5.74, 6) is -1.25. The van der Waals surface area contributed by atoms with E-state index in [0.717, 1.165) is 61.6 Å². The Morgan fingerprint density at radius 3 is 1.30 bits per heavy atom. The van der Waals surface area contributed by atoms with Crippen LogP contribution in [0.5, 0.6) is 0 Å². The van der Waals surface area contributed by atoms with Crippen LogP contribution in [0, 0.1) is 0 Å². The van der Waals surface area contributed by atoms with Crippen molar-refractivity contribution in [1.82, 2.24) is 29.5 Å². The molecule has 0 aliphatic heterocycles. The largest absolute Gasteiger partial charge is 0.461 e. The molecule has 0 atom stereocenters. The maximum atomic E-state index is 13.7. The zero-order valence-corrected chi connectivity index (χ0v) is 43.4. The van der Waals surface area contributed by atoms with Gasteiger partial charge in [0.05, 0.1) is 27.8 Å².